The molecule has 0 N–H and O–H groups in total. The molecule has 0 unspecified atom stereocenters. The van der Waals surface area contributed by atoms with Crippen molar-refractivity contribution in [2.75, 3.05) is 0 Å². The molecule has 3 rings (SSSR count). The lowest BCUT2D eigenvalue weighted by Gasteiger charge is -2.02. The molecular formula is C20H22N4OS. The Hall–Kier alpha value is -2.65. The third kappa shape index (κ3) is 3.63. The van der Waals surface area contributed by atoms with E-state index in [4.69, 9.17) is 6.42 Å². The van der Waals surface area contributed by atoms with Gasteiger partial charge in [0.1, 0.15) is 0 Å². The van der Waals surface area contributed by atoms with Gasteiger partial charge in [-0.1, -0.05) is 36.7 Å². The number of fused-ring (bicyclic) bond motifs is 1. The molecule has 3 aromatic rings. The second-order valence-corrected chi connectivity index (χ2v) is 7.30. The average molecular weight is 366 g/mol. The molecule has 1 amide bonds. The molecule has 134 valence electrons. The third-order valence-electron chi connectivity index (χ3n) is 4.35. The van der Waals surface area contributed by atoms with E-state index in [1.54, 1.807) is 10.7 Å². The lowest BCUT2D eigenvalue weighted by Crippen LogP contribution is -2.16. The van der Waals surface area contributed by atoms with E-state index in [-0.39, 0.29) is 5.91 Å². The smallest absolute Gasteiger partial charge is 0.300 e. The Morgan fingerprint density at radius 1 is 1.38 bits per heavy atom. The lowest BCUT2D eigenvalue weighted by molar-refractivity contribution is 0.0992. The number of carbonyl (C=O) groups is 1. The number of hydrogen-bond donors (Lipinski definition) is 0. The second-order valence-electron chi connectivity index (χ2n) is 6.29. The number of aromatic nitrogens is 3. The Kier molecular flexibility index (Phi) is 5.38. The first-order valence-corrected chi connectivity index (χ1v) is 9.50. The predicted octanol–water partition coefficient (Wildman–Crippen LogP) is 3.46. The first kappa shape index (κ1) is 18.2. The molecule has 5 nitrogen and oxygen atoms in total. The Bertz CT molecular complexity index is 1040. The van der Waals surface area contributed by atoms with Crippen LogP contribution in [0.5, 0.6) is 0 Å². The topological polar surface area (TPSA) is 52.2 Å². The first-order valence-electron chi connectivity index (χ1n) is 8.69. The van der Waals surface area contributed by atoms with Gasteiger partial charge >= 0.3 is 0 Å². The van der Waals surface area contributed by atoms with E-state index >= 15 is 0 Å². The normalized spacial score (nSPS) is 11.8. The molecule has 2 aromatic heterocycles. The highest BCUT2D eigenvalue weighted by Gasteiger charge is 2.12. The van der Waals surface area contributed by atoms with E-state index in [1.165, 1.54) is 16.9 Å². The minimum absolute atomic E-state index is 0.346. The van der Waals surface area contributed by atoms with E-state index in [0.29, 0.717) is 17.0 Å². The summed E-state index contributed by atoms with van der Waals surface area (Å²) in [5.74, 6) is 2.31. The molecule has 1 aromatic carbocycles. The molecule has 0 radical (unpaired) electrons. The minimum Gasteiger partial charge on any atom is -0.305 e. The van der Waals surface area contributed by atoms with E-state index in [9.17, 15) is 4.79 Å². The van der Waals surface area contributed by atoms with E-state index < -0.39 is 0 Å². The van der Waals surface area contributed by atoms with Crippen LogP contribution in [0.2, 0.25) is 0 Å². The number of thiazole rings is 1. The van der Waals surface area contributed by atoms with Crippen LogP contribution in [0.3, 0.4) is 0 Å². The van der Waals surface area contributed by atoms with Crippen LogP contribution in [0, 0.1) is 19.3 Å². The molecular weight excluding hydrogens is 344 g/mol. The average Bonchev–Trinajstić information content (AvgIpc) is 3.13. The molecule has 0 fully saturated rings. The highest BCUT2D eigenvalue weighted by molar-refractivity contribution is 7.16. The van der Waals surface area contributed by atoms with Crippen molar-refractivity contribution in [1.82, 2.24) is 14.3 Å². The highest BCUT2D eigenvalue weighted by Crippen LogP contribution is 2.20. The zero-order valence-corrected chi connectivity index (χ0v) is 16.1. The zero-order chi connectivity index (χ0) is 18.7. The summed E-state index contributed by atoms with van der Waals surface area (Å²) < 4.78 is 4.68. The zero-order valence-electron chi connectivity index (χ0n) is 15.3. The van der Waals surface area contributed by atoms with Crippen molar-refractivity contribution in [3.05, 3.63) is 46.0 Å². The van der Waals surface area contributed by atoms with E-state index in [1.807, 2.05) is 18.5 Å². The van der Waals surface area contributed by atoms with Crippen molar-refractivity contribution in [3.8, 4) is 12.3 Å². The van der Waals surface area contributed by atoms with E-state index in [0.717, 1.165) is 35.2 Å². The van der Waals surface area contributed by atoms with Crippen LogP contribution in [-0.4, -0.2) is 20.3 Å². The van der Waals surface area contributed by atoms with Gasteiger partial charge in [0.05, 0.1) is 16.8 Å². The molecule has 0 aliphatic heterocycles. The van der Waals surface area contributed by atoms with Gasteiger partial charge in [-0.25, -0.2) is 0 Å². The van der Waals surface area contributed by atoms with Gasteiger partial charge < -0.3 is 4.57 Å². The number of aryl methyl sites for hydroxylation is 3. The summed E-state index contributed by atoms with van der Waals surface area (Å²) in [6, 6.07) is 8.12. The van der Waals surface area contributed by atoms with Crippen LogP contribution in [0.4, 0.5) is 0 Å². The Morgan fingerprint density at radius 2 is 2.19 bits per heavy atom. The number of hydrogen-bond acceptors (Lipinski definition) is 3. The van der Waals surface area contributed by atoms with Crippen molar-refractivity contribution in [1.29, 1.82) is 0 Å². The van der Waals surface area contributed by atoms with Gasteiger partial charge in [0.15, 0.2) is 10.5 Å². The van der Waals surface area contributed by atoms with Gasteiger partial charge in [0.2, 0.25) is 0 Å². The molecule has 0 aliphatic carbocycles. The molecule has 26 heavy (non-hydrogen) atoms. The molecule has 0 atom stereocenters. The summed E-state index contributed by atoms with van der Waals surface area (Å²) in [5, 5.41) is 4.21. The van der Waals surface area contributed by atoms with Crippen LogP contribution in [-0.2, 0) is 20.0 Å². The molecule has 0 bridgehead atoms. The van der Waals surface area contributed by atoms with Crippen molar-refractivity contribution in [2.24, 2.45) is 12.0 Å². The fraction of sp³-hybridized carbons (Fsp3) is 0.350. The van der Waals surface area contributed by atoms with Crippen LogP contribution in [0.25, 0.3) is 10.2 Å². The Balaban J connectivity index is 2.07. The molecule has 0 spiro atoms. The summed E-state index contributed by atoms with van der Waals surface area (Å²) >= 11 is 1.49. The maximum Gasteiger partial charge on any atom is 0.300 e. The molecule has 0 aliphatic rings. The molecule has 2 heterocycles. The van der Waals surface area contributed by atoms with Crippen LogP contribution in [0.15, 0.2) is 29.3 Å². The lowest BCUT2D eigenvalue weighted by atomic mass is 10.1. The number of benzene rings is 1. The highest BCUT2D eigenvalue weighted by atomic mass is 32.1. The second kappa shape index (κ2) is 7.71. The van der Waals surface area contributed by atoms with Gasteiger partial charge in [-0.15, -0.1) is 6.42 Å². The van der Waals surface area contributed by atoms with Crippen LogP contribution >= 0.6 is 11.3 Å². The number of unbranched alkanes of at least 4 members (excludes halogenated alkanes) is 1. The van der Waals surface area contributed by atoms with Gasteiger partial charge in [-0.05, 0) is 43.5 Å². The maximum absolute atomic E-state index is 12.5. The van der Waals surface area contributed by atoms with Crippen molar-refractivity contribution in [2.45, 2.75) is 39.7 Å². The van der Waals surface area contributed by atoms with Gasteiger partial charge in [0.25, 0.3) is 5.91 Å². The van der Waals surface area contributed by atoms with Crippen molar-refractivity contribution >= 4 is 27.5 Å². The Morgan fingerprint density at radius 3 is 2.85 bits per heavy atom. The molecule has 6 heteroatoms. The summed E-state index contributed by atoms with van der Waals surface area (Å²) in [4.78, 5) is 17.4. The van der Waals surface area contributed by atoms with Crippen molar-refractivity contribution < 1.29 is 4.79 Å². The molecule has 0 saturated heterocycles. The monoisotopic (exact) mass is 366 g/mol. The summed E-state index contributed by atoms with van der Waals surface area (Å²) in [5.41, 5.74) is 3.57. The predicted molar refractivity (Wildman–Crippen MR) is 105 cm³/mol. The maximum atomic E-state index is 12.5. The van der Waals surface area contributed by atoms with Crippen LogP contribution in [0.1, 0.15) is 41.5 Å². The SMILES string of the molecule is C#CCn1c(=NC(=O)c2cc(C)n(C)n2)sc2cc(CCCC)ccc21. The standard InChI is InChI=1S/C20H22N4OS/c1-5-7-8-15-9-10-17-18(13-15)26-20(24(17)11-6-2)21-19(25)16-12-14(3)23(4)22-16/h2,9-10,12-13H,5,7-8,11H2,1,3-4H3. The summed E-state index contributed by atoms with van der Waals surface area (Å²) in [7, 11) is 1.81. The first-order chi connectivity index (χ1) is 12.5. The van der Waals surface area contributed by atoms with Crippen LogP contribution < -0.4 is 4.80 Å². The van der Waals surface area contributed by atoms with E-state index in [2.05, 4.69) is 41.1 Å². The summed E-state index contributed by atoms with van der Waals surface area (Å²) in [6.07, 6.45) is 8.91. The fourth-order valence-electron chi connectivity index (χ4n) is 2.79. The quantitative estimate of drug-likeness (QED) is 0.649. The van der Waals surface area contributed by atoms with Gasteiger partial charge in [-0.2, -0.15) is 10.1 Å². The number of nitrogens with zero attached hydrogens (tertiary/aromatic N) is 4. The Labute approximate surface area is 157 Å². The largest absolute Gasteiger partial charge is 0.305 e. The number of rotatable bonds is 5. The van der Waals surface area contributed by atoms with Gasteiger partial charge in [0, 0.05) is 12.7 Å². The van der Waals surface area contributed by atoms with Gasteiger partial charge in [-0.3, -0.25) is 9.48 Å². The number of carbonyl (C=O) groups excluding carboxylic acids is 1. The number of terminal acetylenes is 1. The molecule has 0 saturated carbocycles. The minimum atomic E-state index is -0.350. The fourth-order valence-corrected chi connectivity index (χ4v) is 3.88. The van der Waals surface area contributed by atoms with Crippen molar-refractivity contribution in [3.63, 3.8) is 0 Å². The third-order valence-corrected chi connectivity index (χ3v) is 5.39. The number of amides is 1. The summed E-state index contributed by atoms with van der Waals surface area (Å²) in [6.45, 7) is 4.47.